The zero-order valence-corrected chi connectivity index (χ0v) is 15.9. The van der Waals surface area contributed by atoms with Crippen molar-refractivity contribution in [3.63, 3.8) is 0 Å². The summed E-state index contributed by atoms with van der Waals surface area (Å²) in [5.41, 5.74) is 2.75. The molecule has 0 aliphatic carbocycles. The van der Waals surface area contributed by atoms with Gasteiger partial charge >= 0.3 is 0 Å². The van der Waals surface area contributed by atoms with Gasteiger partial charge in [-0.2, -0.15) is 5.10 Å². The van der Waals surface area contributed by atoms with E-state index in [4.69, 9.17) is 0 Å². The predicted molar refractivity (Wildman–Crippen MR) is 102 cm³/mol. The van der Waals surface area contributed by atoms with Crippen molar-refractivity contribution in [2.45, 2.75) is 20.4 Å². The summed E-state index contributed by atoms with van der Waals surface area (Å²) in [7, 11) is 0. The van der Waals surface area contributed by atoms with E-state index in [1.165, 1.54) is 12.1 Å². The summed E-state index contributed by atoms with van der Waals surface area (Å²) in [5, 5.41) is 4.48. The van der Waals surface area contributed by atoms with Crippen LogP contribution in [0.15, 0.2) is 36.7 Å². The highest BCUT2D eigenvalue weighted by atomic mass is 19.2. The normalized spacial score (nSPS) is 15.2. The fourth-order valence-corrected chi connectivity index (χ4v) is 3.52. The number of aromatic nitrogens is 4. The van der Waals surface area contributed by atoms with E-state index in [2.05, 4.69) is 24.9 Å². The number of halogens is 2. The summed E-state index contributed by atoms with van der Waals surface area (Å²) in [6, 6.07) is 8.05. The second kappa shape index (κ2) is 7.63. The molecule has 1 aliphatic rings. The van der Waals surface area contributed by atoms with Crippen LogP contribution in [0.2, 0.25) is 0 Å². The molecule has 6 nitrogen and oxygen atoms in total. The molecule has 1 saturated heterocycles. The largest absolute Gasteiger partial charge is 0.354 e. The average Bonchev–Trinajstić information content (AvgIpc) is 3.04. The molecular formula is C20H22F2N6. The van der Waals surface area contributed by atoms with Gasteiger partial charge in [0.25, 0.3) is 0 Å². The molecular weight excluding hydrogens is 362 g/mol. The van der Waals surface area contributed by atoms with Crippen molar-refractivity contribution in [2.75, 3.05) is 31.1 Å². The standard InChI is InChI=1S/C20H22F2N6/c1-14-9-15(2)28(25-14)20-11-19(23-13-24-20)27-7-5-26(6-8-27)12-16-3-4-17(21)18(22)10-16/h3-4,9-11,13H,5-8,12H2,1-2H3. The summed E-state index contributed by atoms with van der Waals surface area (Å²) in [6.07, 6.45) is 1.56. The summed E-state index contributed by atoms with van der Waals surface area (Å²) < 4.78 is 28.3. The van der Waals surface area contributed by atoms with Crippen molar-refractivity contribution in [3.8, 4) is 5.82 Å². The predicted octanol–water partition coefficient (Wildman–Crippen LogP) is 2.88. The van der Waals surface area contributed by atoms with E-state index >= 15 is 0 Å². The van der Waals surface area contributed by atoms with E-state index in [0.29, 0.717) is 6.54 Å². The van der Waals surface area contributed by atoms with E-state index in [1.807, 2.05) is 30.7 Å². The first kappa shape index (κ1) is 18.5. The molecule has 1 aromatic carbocycles. The molecule has 0 spiro atoms. The van der Waals surface area contributed by atoms with Crippen LogP contribution in [0.25, 0.3) is 5.82 Å². The minimum atomic E-state index is -0.809. The molecule has 0 atom stereocenters. The van der Waals surface area contributed by atoms with E-state index in [1.54, 1.807) is 12.4 Å². The molecule has 3 heterocycles. The number of hydrogen-bond acceptors (Lipinski definition) is 5. The van der Waals surface area contributed by atoms with Crippen LogP contribution in [0.4, 0.5) is 14.6 Å². The van der Waals surface area contributed by atoms with Crippen molar-refractivity contribution in [3.05, 3.63) is 65.2 Å². The Morgan fingerprint density at radius 2 is 1.64 bits per heavy atom. The van der Waals surface area contributed by atoms with Gasteiger partial charge in [-0.25, -0.2) is 23.4 Å². The molecule has 2 aromatic heterocycles. The molecule has 0 N–H and O–H groups in total. The molecule has 8 heteroatoms. The van der Waals surface area contributed by atoms with Gasteiger partial charge in [0.1, 0.15) is 12.1 Å². The lowest BCUT2D eigenvalue weighted by atomic mass is 10.2. The van der Waals surface area contributed by atoms with Crippen LogP contribution in [0.1, 0.15) is 17.0 Å². The number of piperazine rings is 1. The Bertz CT molecular complexity index is 979. The zero-order valence-electron chi connectivity index (χ0n) is 15.9. The Morgan fingerprint density at radius 3 is 2.32 bits per heavy atom. The fraction of sp³-hybridized carbons (Fsp3) is 0.350. The lowest BCUT2D eigenvalue weighted by Crippen LogP contribution is -2.46. The molecule has 4 rings (SSSR count). The van der Waals surface area contributed by atoms with Gasteiger partial charge in [0.15, 0.2) is 17.5 Å². The second-order valence-electron chi connectivity index (χ2n) is 7.08. The highest BCUT2D eigenvalue weighted by molar-refractivity contribution is 5.44. The molecule has 146 valence electrons. The van der Waals surface area contributed by atoms with Gasteiger partial charge in [0.05, 0.1) is 5.69 Å². The van der Waals surface area contributed by atoms with Crippen molar-refractivity contribution in [2.24, 2.45) is 0 Å². The maximum atomic E-state index is 13.4. The fourth-order valence-electron chi connectivity index (χ4n) is 3.52. The maximum absolute atomic E-state index is 13.4. The van der Waals surface area contributed by atoms with E-state index < -0.39 is 11.6 Å². The molecule has 1 aliphatic heterocycles. The van der Waals surface area contributed by atoms with E-state index in [-0.39, 0.29) is 0 Å². The second-order valence-corrected chi connectivity index (χ2v) is 7.08. The molecule has 0 saturated carbocycles. The van der Waals surface area contributed by atoms with Crippen molar-refractivity contribution in [1.29, 1.82) is 0 Å². The van der Waals surface area contributed by atoms with Crippen LogP contribution in [0.5, 0.6) is 0 Å². The summed E-state index contributed by atoms with van der Waals surface area (Å²) >= 11 is 0. The van der Waals surface area contributed by atoms with E-state index in [9.17, 15) is 8.78 Å². The minimum absolute atomic E-state index is 0.603. The number of benzene rings is 1. The van der Waals surface area contributed by atoms with Crippen LogP contribution in [0, 0.1) is 25.5 Å². The topological polar surface area (TPSA) is 50.1 Å². The van der Waals surface area contributed by atoms with Crippen molar-refractivity contribution >= 4 is 5.82 Å². The summed E-state index contributed by atoms with van der Waals surface area (Å²) in [4.78, 5) is 13.2. The van der Waals surface area contributed by atoms with Gasteiger partial charge in [0.2, 0.25) is 0 Å². The van der Waals surface area contributed by atoms with Crippen LogP contribution in [0.3, 0.4) is 0 Å². The lowest BCUT2D eigenvalue weighted by Gasteiger charge is -2.35. The molecule has 28 heavy (non-hydrogen) atoms. The maximum Gasteiger partial charge on any atom is 0.159 e. The minimum Gasteiger partial charge on any atom is -0.354 e. The van der Waals surface area contributed by atoms with Crippen LogP contribution in [-0.2, 0) is 6.54 Å². The molecule has 0 amide bonds. The lowest BCUT2D eigenvalue weighted by molar-refractivity contribution is 0.249. The highest BCUT2D eigenvalue weighted by Gasteiger charge is 2.19. The smallest absolute Gasteiger partial charge is 0.159 e. The SMILES string of the molecule is Cc1cc(C)n(-c2cc(N3CCN(Cc4ccc(F)c(F)c4)CC3)ncn2)n1. The molecule has 1 fully saturated rings. The number of hydrogen-bond donors (Lipinski definition) is 0. The third kappa shape index (κ3) is 3.87. The quantitative estimate of drug-likeness (QED) is 0.692. The molecule has 3 aromatic rings. The third-order valence-corrected chi connectivity index (χ3v) is 4.95. The van der Waals surface area contributed by atoms with Crippen LogP contribution < -0.4 is 4.90 Å². The van der Waals surface area contributed by atoms with Crippen molar-refractivity contribution < 1.29 is 8.78 Å². The monoisotopic (exact) mass is 384 g/mol. The Balaban J connectivity index is 1.42. The Kier molecular flexibility index (Phi) is 5.04. The van der Waals surface area contributed by atoms with Crippen LogP contribution in [-0.4, -0.2) is 50.8 Å². The van der Waals surface area contributed by atoms with Gasteiger partial charge in [-0.1, -0.05) is 6.07 Å². The van der Waals surface area contributed by atoms with E-state index in [0.717, 1.165) is 54.8 Å². The zero-order chi connectivity index (χ0) is 19.7. The van der Waals surface area contributed by atoms with Crippen LogP contribution >= 0.6 is 0 Å². The van der Waals surface area contributed by atoms with Gasteiger partial charge in [0, 0.05) is 44.5 Å². The Morgan fingerprint density at radius 1 is 0.893 bits per heavy atom. The summed E-state index contributed by atoms with van der Waals surface area (Å²) in [6.45, 7) is 7.80. The van der Waals surface area contributed by atoms with Gasteiger partial charge in [-0.3, -0.25) is 4.90 Å². The molecule has 0 bridgehead atoms. The average molecular weight is 384 g/mol. The summed E-state index contributed by atoms with van der Waals surface area (Å²) in [5.74, 6) is 0.00870. The number of nitrogens with zero attached hydrogens (tertiary/aromatic N) is 6. The van der Waals surface area contributed by atoms with Gasteiger partial charge in [-0.05, 0) is 37.6 Å². The number of rotatable bonds is 4. The Labute approximate surface area is 162 Å². The van der Waals surface area contributed by atoms with Gasteiger partial charge < -0.3 is 4.90 Å². The third-order valence-electron chi connectivity index (χ3n) is 4.95. The highest BCUT2D eigenvalue weighted by Crippen LogP contribution is 2.18. The number of anilines is 1. The first-order valence-corrected chi connectivity index (χ1v) is 9.26. The first-order chi connectivity index (χ1) is 13.5. The number of aryl methyl sites for hydroxylation is 2. The first-order valence-electron chi connectivity index (χ1n) is 9.26. The molecule has 0 radical (unpaired) electrons. The van der Waals surface area contributed by atoms with Gasteiger partial charge in [-0.15, -0.1) is 0 Å². The molecule has 0 unspecified atom stereocenters. The Hall–Kier alpha value is -2.87. The van der Waals surface area contributed by atoms with Crippen molar-refractivity contribution in [1.82, 2.24) is 24.6 Å².